The fraction of sp³-hybridized carbons (Fsp3) is 0.333. The van der Waals surface area contributed by atoms with Crippen LogP contribution in [-0.2, 0) is 14.6 Å². The maximum atomic E-state index is 12.4. The van der Waals surface area contributed by atoms with Crippen molar-refractivity contribution in [3.63, 3.8) is 0 Å². The zero-order valence-corrected chi connectivity index (χ0v) is 16.5. The van der Waals surface area contributed by atoms with Gasteiger partial charge in [0, 0.05) is 38.6 Å². The van der Waals surface area contributed by atoms with E-state index in [0.29, 0.717) is 10.7 Å². The fourth-order valence-electron chi connectivity index (χ4n) is 2.90. The van der Waals surface area contributed by atoms with Gasteiger partial charge in [-0.3, -0.25) is 9.69 Å². The lowest BCUT2D eigenvalue weighted by Gasteiger charge is -2.34. The number of benzene rings is 1. The number of sulfone groups is 1. The maximum absolute atomic E-state index is 12.4. The number of halogens is 1. The van der Waals surface area contributed by atoms with Crippen LogP contribution in [0, 0.1) is 0 Å². The second-order valence-electron chi connectivity index (χ2n) is 6.41. The molecular formula is C18H21ClN4O3S. The van der Waals surface area contributed by atoms with E-state index in [4.69, 9.17) is 11.6 Å². The van der Waals surface area contributed by atoms with Crippen molar-refractivity contribution < 1.29 is 13.2 Å². The van der Waals surface area contributed by atoms with Crippen LogP contribution in [0.5, 0.6) is 0 Å². The van der Waals surface area contributed by atoms with Gasteiger partial charge in [0.15, 0.2) is 9.84 Å². The van der Waals surface area contributed by atoms with Gasteiger partial charge in [-0.2, -0.15) is 0 Å². The summed E-state index contributed by atoms with van der Waals surface area (Å²) in [6, 6.07) is 10.1. The molecule has 1 aromatic carbocycles. The molecule has 7 nitrogen and oxygen atoms in total. The second kappa shape index (κ2) is 8.24. The van der Waals surface area contributed by atoms with Crippen molar-refractivity contribution in [1.29, 1.82) is 0 Å². The van der Waals surface area contributed by atoms with Crippen LogP contribution >= 0.6 is 11.6 Å². The van der Waals surface area contributed by atoms with Crippen LogP contribution in [0.4, 0.5) is 11.5 Å². The van der Waals surface area contributed by atoms with E-state index in [0.717, 1.165) is 38.3 Å². The molecule has 1 fully saturated rings. The van der Waals surface area contributed by atoms with E-state index in [1.807, 2.05) is 23.1 Å². The first-order valence-corrected chi connectivity index (χ1v) is 10.8. The lowest BCUT2D eigenvalue weighted by Crippen LogP contribution is -2.48. The number of amides is 1. The molecule has 2 heterocycles. The number of carbonyl (C=O) groups is 1. The molecule has 0 radical (unpaired) electrons. The normalized spacial score (nSPS) is 15.6. The first-order valence-electron chi connectivity index (χ1n) is 8.51. The Labute approximate surface area is 163 Å². The number of aromatic nitrogens is 1. The smallest absolute Gasteiger partial charge is 0.238 e. The van der Waals surface area contributed by atoms with E-state index in [1.165, 1.54) is 18.2 Å². The lowest BCUT2D eigenvalue weighted by molar-refractivity contribution is -0.117. The molecule has 27 heavy (non-hydrogen) atoms. The Kier molecular flexibility index (Phi) is 5.98. The molecule has 1 aliphatic rings. The highest BCUT2D eigenvalue weighted by Crippen LogP contribution is 2.25. The van der Waals surface area contributed by atoms with Crippen LogP contribution in [-0.4, -0.2) is 63.2 Å². The molecule has 0 unspecified atom stereocenters. The van der Waals surface area contributed by atoms with Gasteiger partial charge in [-0.1, -0.05) is 17.7 Å². The van der Waals surface area contributed by atoms with Gasteiger partial charge in [0.2, 0.25) is 5.91 Å². The highest BCUT2D eigenvalue weighted by molar-refractivity contribution is 7.90. The Balaban J connectivity index is 1.56. The molecule has 9 heteroatoms. The van der Waals surface area contributed by atoms with Crippen molar-refractivity contribution in [2.24, 2.45) is 0 Å². The Morgan fingerprint density at radius 2 is 1.93 bits per heavy atom. The molecule has 1 aromatic heterocycles. The zero-order chi connectivity index (χ0) is 19.4. The number of rotatable bonds is 5. The van der Waals surface area contributed by atoms with Crippen LogP contribution in [0.2, 0.25) is 5.02 Å². The number of anilines is 2. The molecule has 0 bridgehead atoms. The standard InChI is InChI=1S/C18H21ClN4O3S/c1-27(25,26)14-5-6-15(19)16(12-14)21-18(24)13-22-8-10-23(11-9-22)17-4-2-3-7-20-17/h2-7,12H,8-11,13H2,1H3,(H,21,24). The fourth-order valence-corrected chi connectivity index (χ4v) is 3.71. The molecule has 0 atom stereocenters. The molecule has 1 amide bonds. The maximum Gasteiger partial charge on any atom is 0.238 e. The average molecular weight is 409 g/mol. The monoisotopic (exact) mass is 408 g/mol. The summed E-state index contributed by atoms with van der Waals surface area (Å²) in [7, 11) is -3.37. The summed E-state index contributed by atoms with van der Waals surface area (Å²) < 4.78 is 23.3. The molecule has 1 N–H and O–H groups in total. The zero-order valence-electron chi connectivity index (χ0n) is 14.9. The van der Waals surface area contributed by atoms with E-state index in [1.54, 1.807) is 6.20 Å². The van der Waals surface area contributed by atoms with E-state index < -0.39 is 9.84 Å². The van der Waals surface area contributed by atoms with Crippen LogP contribution in [0.15, 0.2) is 47.5 Å². The Morgan fingerprint density at radius 1 is 1.19 bits per heavy atom. The second-order valence-corrected chi connectivity index (χ2v) is 8.84. The topological polar surface area (TPSA) is 82.6 Å². The van der Waals surface area contributed by atoms with Crippen molar-refractivity contribution in [2.75, 3.05) is 49.2 Å². The van der Waals surface area contributed by atoms with Gasteiger partial charge in [-0.05, 0) is 30.3 Å². The number of hydrogen-bond donors (Lipinski definition) is 1. The van der Waals surface area contributed by atoms with Gasteiger partial charge < -0.3 is 10.2 Å². The van der Waals surface area contributed by atoms with E-state index in [2.05, 4.69) is 15.2 Å². The van der Waals surface area contributed by atoms with Gasteiger partial charge in [-0.25, -0.2) is 13.4 Å². The number of hydrogen-bond acceptors (Lipinski definition) is 6. The Hall–Kier alpha value is -2.16. The van der Waals surface area contributed by atoms with Crippen molar-refractivity contribution in [2.45, 2.75) is 4.90 Å². The van der Waals surface area contributed by atoms with Gasteiger partial charge in [-0.15, -0.1) is 0 Å². The number of nitrogens with one attached hydrogen (secondary N) is 1. The quantitative estimate of drug-likeness (QED) is 0.813. The van der Waals surface area contributed by atoms with Crippen LogP contribution < -0.4 is 10.2 Å². The van der Waals surface area contributed by atoms with E-state index in [-0.39, 0.29) is 17.3 Å². The Morgan fingerprint density at radius 3 is 2.56 bits per heavy atom. The summed E-state index contributed by atoms with van der Waals surface area (Å²) >= 11 is 6.08. The molecule has 1 aliphatic heterocycles. The molecular weight excluding hydrogens is 388 g/mol. The summed E-state index contributed by atoms with van der Waals surface area (Å²) in [6.45, 7) is 3.26. The minimum absolute atomic E-state index is 0.117. The first kappa shape index (κ1) is 19.6. The predicted molar refractivity (Wildman–Crippen MR) is 106 cm³/mol. The molecule has 3 rings (SSSR count). The highest BCUT2D eigenvalue weighted by Gasteiger charge is 2.20. The number of piperazine rings is 1. The summed E-state index contributed by atoms with van der Waals surface area (Å²) in [6.07, 6.45) is 2.88. The van der Waals surface area contributed by atoms with Crippen LogP contribution in [0.25, 0.3) is 0 Å². The van der Waals surface area contributed by atoms with Gasteiger partial charge >= 0.3 is 0 Å². The Bertz CT molecular complexity index is 913. The van der Waals surface area contributed by atoms with Crippen molar-refractivity contribution in [3.8, 4) is 0 Å². The van der Waals surface area contributed by atoms with Crippen molar-refractivity contribution >= 4 is 38.9 Å². The van der Waals surface area contributed by atoms with Gasteiger partial charge in [0.25, 0.3) is 0 Å². The predicted octanol–water partition coefficient (Wildman–Crippen LogP) is 1.90. The van der Waals surface area contributed by atoms with Crippen molar-refractivity contribution in [1.82, 2.24) is 9.88 Å². The third kappa shape index (κ3) is 5.18. The largest absolute Gasteiger partial charge is 0.354 e. The molecule has 0 saturated carbocycles. The van der Waals surface area contributed by atoms with Crippen molar-refractivity contribution in [3.05, 3.63) is 47.6 Å². The minimum atomic E-state index is -3.37. The molecule has 0 spiro atoms. The van der Waals surface area contributed by atoms with E-state index >= 15 is 0 Å². The van der Waals surface area contributed by atoms with E-state index in [9.17, 15) is 13.2 Å². The first-order chi connectivity index (χ1) is 12.8. The minimum Gasteiger partial charge on any atom is -0.354 e. The summed E-state index contributed by atoms with van der Waals surface area (Å²) in [5.41, 5.74) is 0.303. The molecule has 2 aromatic rings. The molecule has 0 aliphatic carbocycles. The van der Waals surface area contributed by atoms with Crippen LogP contribution in [0.1, 0.15) is 0 Å². The SMILES string of the molecule is CS(=O)(=O)c1ccc(Cl)c(NC(=O)CN2CCN(c3ccccn3)CC2)c1. The third-order valence-electron chi connectivity index (χ3n) is 4.35. The highest BCUT2D eigenvalue weighted by atomic mass is 35.5. The van der Waals surface area contributed by atoms with Crippen LogP contribution in [0.3, 0.4) is 0 Å². The summed E-state index contributed by atoms with van der Waals surface area (Å²) in [5, 5.41) is 3.01. The van der Waals surface area contributed by atoms with Gasteiger partial charge in [0.05, 0.1) is 22.2 Å². The number of nitrogens with zero attached hydrogens (tertiary/aromatic N) is 3. The number of pyridine rings is 1. The summed E-state index contributed by atoms with van der Waals surface area (Å²) in [5.74, 6) is 0.708. The average Bonchev–Trinajstić information content (AvgIpc) is 2.64. The third-order valence-corrected chi connectivity index (χ3v) is 5.79. The number of carbonyl (C=O) groups excluding carboxylic acids is 1. The molecule has 1 saturated heterocycles. The van der Waals surface area contributed by atoms with Gasteiger partial charge in [0.1, 0.15) is 5.82 Å². The molecule has 144 valence electrons. The summed E-state index contributed by atoms with van der Waals surface area (Å²) in [4.78, 5) is 21.0. The lowest BCUT2D eigenvalue weighted by atomic mass is 10.3.